The summed E-state index contributed by atoms with van der Waals surface area (Å²) in [6, 6.07) is 8.10. The van der Waals surface area contributed by atoms with E-state index >= 15 is 0 Å². The Morgan fingerprint density at radius 2 is 2.16 bits per heavy atom. The van der Waals surface area contributed by atoms with E-state index in [0.29, 0.717) is 0 Å². The minimum absolute atomic E-state index is 0.00585. The quantitative estimate of drug-likeness (QED) is 0.402. The first kappa shape index (κ1) is 24.2. The summed E-state index contributed by atoms with van der Waals surface area (Å²) in [5.41, 5.74) is -0.950. The maximum Gasteiger partial charge on any atom is 0.530 e. The Labute approximate surface area is 187 Å². The summed E-state index contributed by atoms with van der Waals surface area (Å²) in [5.74, 6) is 0.0398. The molecule has 4 atom stereocenters. The molecule has 1 unspecified atom stereocenters. The van der Waals surface area contributed by atoms with Crippen molar-refractivity contribution in [3.63, 3.8) is 0 Å². The van der Waals surface area contributed by atoms with Crippen LogP contribution in [0.3, 0.4) is 0 Å². The molecule has 172 valence electrons. The van der Waals surface area contributed by atoms with Crippen LogP contribution in [-0.4, -0.2) is 40.1 Å². The fraction of sp³-hybridized carbons (Fsp3) is 0.421. The Hall–Kier alpha value is -2.45. The minimum atomic E-state index is -4.32. The SMILES string of the molecule is Cc1cn([C@H]2C[C@H](OP(=O)(OCCC#N)Oc3ccccc3Cl)[C@@H](CO)O2)c(=O)[nH]c1=O. The largest absolute Gasteiger partial charge is 0.530 e. The number of para-hydroxylation sites is 1. The van der Waals surface area contributed by atoms with Crippen molar-refractivity contribution < 1.29 is 28.0 Å². The Kier molecular flexibility index (Phi) is 7.90. The van der Waals surface area contributed by atoms with Gasteiger partial charge in [-0.3, -0.25) is 23.4 Å². The van der Waals surface area contributed by atoms with E-state index in [2.05, 4.69) is 4.98 Å². The molecule has 1 aliphatic rings. The zero-order chi connectivity index (χ0) is 23.3. The Balaban J connectivity index is 1.84. The van der Waals surface area contributed by atoms with Crippen molar-refractivity contribution in [3.8, 4) is 11.8 Å². The molecule has 0 saturated carbocycles. The highest BCUT2D eigenvalue weighted by atomic mass is 35.5. The zero-order valence-electron chi connectivity index (χ0n) is 17.0. The van der Waals surface area contributed by atoms with Gasteiger partial charge >= 0.3 is 13.5 Å². The first-order chi connectivity index (χ1) is 15.3. The second kappa shape index (κ2) is 10.4. The third kappa shape index (κ3) is 5.66. The van der Waals surface area contributed by atoms with Crippen molar-refractivity contribution in [2.45, 2.75) is 38.2 Å². The Morgan fingerprint density at radius 3 is 2.84 bits per heavy atom. The van der Waals surface area contributed by atoms with E-state index in [1.807, 2.05) is 6.07 Å². The van der Waals surface area contributed by atoms with Crippen LogP contribution in [0.1, 0.15) is 24.6 Å². The van der Waals surface area contributed by atoms with Crippen LogP contribution in [-0.2, 0) is 18.3 Å². The van der Waals surface area contributed by atoms with Crippen molar-refractivity contribution in [2.24, 2.45) is 0 Å². The maximum absolute atomic E-state index is 13.3. The molecule has 1 aliphatic heterocycles. The summed E-state index contributed by atoms with van der Waals surface area (Å²) in [4.78, 5) is 26.0. The number of H-pyrrole nitrogens is 1. The molecule has 0 bridgehead atoms. The predicted molar refractivity (Wildman–Crippen MR) is 112 cm³/mol. The van der Waals surface area contributed by atoms with E-state index in [1.54, 1.807) is 12.1 Å². The molecule has 0 aliphatic carbocycles. The van der Waals surface area contributed by atoms with Gasteiger partial charge in [-0.15, -0.1) is 0 Å². The molecule has 1 aromatic heterocycles. The number of aromatic nitrogens is 2. The Bertz CT molecular complexity index is 1160. The second-order valence-corrected chi connectivity index (χ2v) is 8.83. The summed E-state index contributed by atoms with van der Waals surface area (Å²) in [5, 5.41) is 18.6. The molecule has 0 amide bonds. The van der Waals surface area contributed by atoms with Gasteiger partial charge in [-0.2, -0.15) is 5.26 Å². The highest BCUT2D eigenvalue weighted by Gasteiger charge is 2.43. The molecule has 1 aromatic carbocycles. The number of aromatic amines is 1. The average Bonchev–Trinajstić information content (AvgIpc) is 3.14. The number of ether oxygens (including phenoxy) is 1. The lowest BCUT2D eigenvalue weighted by Gasteiger charge is -2.23. The monoisotopic (exact) mass is 485 g/mol. The minimum Gasteiger partial charge on any atom is -0.402 e. The zero-order valence-corrected chi connectivity index (χ0v) is 18.6. The molecule has 3 rings (SSSR count). The van der Waals surface area contributed by atoms with Crippen LogP contribution in [0.4, 0.5) is 0 Å². The van der Waals surface area contributed by atoms with Crippen molar-refractivity contribution >= 4 is 19.4 Å². The van der Waals surface area contributed by atoms with Crippen LogP contribution < -0.4 is 15.8 Å². The molecular formula is C19H21ClN3O8P. The number of phosphoric ester groups is 1. The molecule has 11 nitrogen and oxygen atoms in total. The molecule has 0 spiro atoms. The normalized spacial score (nSPS) is 22.2. The van der Waals surface area contributed by atoms with E-state index in [0.717, 1.165) is 4.57 Å². The van der Waals surface area contributed by atoms with Gasteiger partial charge in [0.1, 0.15) is 24.2 Å². The lowest BCUT2D eigenvalue weighted by molar-refractivity contribution is -0.0460. The van der Waals surface area contributed by atoms with E-state index in [1.165, 1.54) is 25.3 Å². The lowest BCUT2D eigenvalue weighted by Crippen LogP contribution is -2.33. The van der Waals surface area contributed by atoms with Gasteiger partial charge in [0.05, 0.1) is 30.7 Å². The van der Waals surface area contributed by atoms with Gasteiger partial charge in [0.15, 0.2) is 0 Å². The number of nitriles is 1. The highest BCUT2D eigenvalue weighted by Crippen LogP contribution is 2.54. The van der Waals surface area contributed by atoms with Crippen molar-refractivity contribution in [1.82, 2.24) is 9.55 Å². The fourth-order valence-corrected chi connectivity index (χ4v) is 4.69. The maximum atomic E-state index is 13.3. The molecule has 2 N–H and O–H groups in total. The topological polar surface area (TPSA) is 153 Å². The van der Waals surface area contributed by atoms with Crippen LogP contribution in [0.5, 0.6) is 5.75 Å². The lowest BCUT2D eigenvalue weighted by atomic mass is 10.2. The van der Waals surface area contributed by atoms with Gasteiger partial charge in [0.25, 0.3) is 5.56 Å². The summed E-state index contributed by atoms with van der Waals surface area (Å²) >= 11 is 6.07. The van der Waals surface area contributed by atoms with Crippen molar-refractivity contribution in [3.05, 3.63) is 61.9 Å². The van der Waals surface area contributed by atoms with Gasteiger partial charge in [-0.1, -0.05) is 23.7 Å². The number of aliphatic hydroxyl groups excluding tert-OH is 1. The molecular weight excluding hydrogens is 465 g/mol. The highest BCUT2D eigenvalue weighted by molar-refractivity contribution is 7.49. The predicted octanol–water partition coefficient (Wildman–Crippen LogP) is 2.28. The van der Waals surface area contributed by atoms with E-state index in [4.69, 9.17) is 35.2 Å². The number of hydrogen-bond donors (Lipinski definition) is 2. The smallest absolute Gasteiger partial charge is 0.402 e. The molecule has 2 aromatic rings. The van der Waals surface area contributed by atoms with Crippen LogP contribution in [0.2, 0.25) is 5.02 Å². The van der Waals surface area contributed by atoms with Crippen LogP contribution in [0, 0.1) is 18.3 Å². The second-order valence-electron chi connectivity index (χ2n) is 6.88. The number of nitrogens with zero attached hydrogens (tertiary/aromatic N) is 2. The van der Waals surface area contributed by atoms with Crippen molar-refractivity contribution in [1.29, 1.82) is 5.26 Å². The average molecular weight is 486 g/mol. The molecule has 2 heterocycles. The van der Waals surface area contributed by atoms with Gasteiger partial charge in [-0.25, -0.2) is 9.36 Å². The van der Waals surface area contributed by atoms with Crippen LogP contribution in [0.25, 0.3) is 0 Å². The number of halogens is 1. The first-order valence-corrected chi connectivity index (χ1v) is 11.4. The first-order valence-electron chi connectivity index (χ1n) is 9.58. The molecule has 1 saturated heterocycles. The van der Waals surface area contributed by atoms with Crippen LogP contribution >= 0.6 is 19.4 Å². The summed E-state index contributed by atoms with van der Waals surface area (Å²) in [7, 11) is -4.32. The summed E-state index contributed by atoms with van der Waals surface area (Å²) in [6.45, 7) is 0.774. The number of rotatable bonds is 9. The van der Waals surface area contributed by atoms with Gasteiger partial charge in [0, 0.05) is 18.2 Å². The molecule has 32 heavy (non-hydrogen) atoms. The van der Waals surface area contributed by atoms with Gasteiger partial charge in [0.2, 0.25) is 0 Å². The van der Waals surface area contributed by atoms with E-state index in [9.17, 15) is 19.3 Å². The molecule has 13 heteroatoms. The number of aliphatic hydroxyl groups is 1. The molecule has 1 fully saturated rings. The van der Waals surface area contributed by atoms with E-state index < -0.39 is 44.1 Å². The number of phosphoric acid groups is 1. The number of nitrogens with one attached hydrogen (secondary N) is 1. The Morgan fingerprint density at radius 1 is 1.41 bits per heavy atom. The van der Waals surface area contributed by atoms with E-state index in [-0.39, 0.29) is 35.8 Å². The van der Waals surface area contributed by atoms with Crippen molar-refractivity contribution in [2.75, 3.05) is 13.2 Å². The summed E-state index contributed by atoms with van der Waals surface area (Å²) in [6.07, 6.45) is -1.63. The third-order valence-electron chi connectivity index (χ3n) is 4.59. The third-order valence-corrected chi connectivity index (χ3v) is 6.35. The standard InChI is InChI=1S/C19H21ClN3O8P/c1-12-10-23(19(26)22-18(12)25)17-9-15(16(11-24)29-17)31-32(27,28-8-4-7-21)30-14-6-3-2-5-13(14)20/h2-3,5-6,10,15-17,24H,4,8-9,11H2,1H3,(H,22,25,26)/t15-,16+,17+,32?/m0/s1. The van der Waals surface area contributed by atoms with Crippen LogP contribution in [0.15, 0.2) is 40.1 Å². The fourth-order valence-electron chi connectivity index (χ4n) is 3.03. The van der Waals surface area contributed by atoms with Gasteiger partial charge in [-0.05, 0) is 19.1 Å². The molecule has 0 radical (unpaired) electrons. The summed E-state index contributed by atoms with van der Waals surface area (Å²) < 4.78 is 36.5. The van der Waals surface area contributed by atoms with Gasteiger partial charge < -0.3 is 14.4 Å². The number of aryl methyl sites for hydroxylation is 1. The number of benzene rings is 1. The number of hydrogen-bond acceptors (Lipinski definition) is 9.